The predicted octanol–water partition coefficient (Wildman–Crippen LogP) is 4.07. The van der Waals surface area contributed by atoms with E-state index < -0.39 is 0 Å². The van der Waals surface area contributed by atoms with Crippen molar-refractivity contribution >= 4 is 29.3 Å². The number of anilines is 1. The second-order valence-electron chi connectivity index (χ2n) is 8.57. The van der Waals surface area contributed by atoms with Crippen LogP contribution < -0.4 is 10.6 Å². The number of carbonyl (C=O) groups excluding carboxylic acids is 2. The molecule has 2 N–H and O–H groups in total. The molecule has 1 fully saturated rings. The Hall–Kier alpha value is -3.10. The molecule has 0 unspecified atom stereocenters. The Morgan fingerprint density at radius 1 is 0.971 bits per heavy atom. The number of hydrogen-bond acceptors (Lipinski definition) is 5. The lowest BCUT2D eigenvalue weighted by atomic mass is 10.1. The van der Waals surface area contributed by atoms with Crippen LogP contribution in [0.4, 0.5) is 5.69 Å². The normalized spacial score (nSPS) is 14.0. The SMILES string of the molecule is Cn1ccnc1SCC(=O)Nc1ccc(C(=O)NCc2ccc(CN3CCCCC3)cc2)cc1. The molecule has 0 saturated carbocycles. The highest BCUT2D eigenvalue weighted by Gasteiger charge is 2.11. The van der Waals surface area contributed by atoms with Crippen molar-refractivity contribution in [1.29, 1.82) is 0 Å². The van der Waals surface area contributed by atoms with Gasteiger partial charge >= 0.3 is 0 Å². The third-order valence-electron chi connectivity index (χ3n) is 5.87. The summed E-state index contributed by atoms with van der Waals surface area (Å²) in [7, 11) is 1.89. The monoisotopic (exact) mass is 477 g/mol. The molecule has 2 aromatic carbocycles. The van der Waals surface area contributed by atoms with Crippen LogP contribution in [-0.4, -0.2) is 45.1 Å². The molecule has 7 nitrogen and oxygen atoms in total. The van der Waals surface area contributed by atoms with Crippen LogP contribution in [0.3, 0.4) is 0 Å². The Morgan fingerprint density at radius 3 is 2.35 bits per heavy atom. The number of hydrogen-bond donors (Lipinski definition) is 2. The Kier molecular flexibility index (Phi) is 8.38. The van der Waals surface area contributed by atoms with Crippen molar-refractivity contribution in [1.82, 2.24) is 19.8 Å². The molecule has 4 rings (SSSR count). The van der Waals surface area contributed by atoms with Crippen molar-refractivity contribution in [2.24, 2.45) is 7.05 Å². The maximum absolute atomic E-state index is 12.5. The summed E-state index contributed by atoms with van der Waals surface area (Å²) in [6.07, 6.45) is 7.48. The summed E-state index contributed by atoms with van der Waals surface area (Å²) in [4.78, 5) is 31.4. The maximum Gasteiger partial charge on any atom is 0.251 e. The molecule has 0 spiro atoms. The van der Waals surface area contributed by atoms with E-state index in [0.29, 0.717) is 17.8 Å². The predicted molar refractivity (Wildman–Crippen MR) is 136 cm³/mol. The van der Waals surface area contributed by atoms with Crippen molar-refractivity contribution in [3.8, 4) is 0 Å². The molecule has 3 aromatic rings. The summed E-state index contributed by atoms with van der Waals surface area (Å²) in [5.41, 5.74) is 3.60. The van der Waals surface area contributed by atoms with E-state index in [2.05, 4.69) is 44.8 Å². The Labute approximate surface area is 204 Å². The number of likely N-dealkylation sites (tertiary alicyclic amines) is 1. The van der Waals surface area contributed by atoms with Crippen molar-refractivity contribution in [3.05, 3.63) is 77.6 Å². The van der Waals surface area contributed by atoms with E-state index in [0.717, 1.165) is 17.3 Å². The number of piperidine rings is 1. The summed E-state index contributed by atoms with van der Waals surface area (Å²) in [6, 6.07) is 15.4. The number of rotatable bonds is 9. The molecule has 1 saturated heterocycles. The van der Waals surface area contributed by atoms with Gasteiger partial charge in [0.1, 0.15) is 0 Å². The van der Waals surface area contributed by atoms with Gasteiger partial charge in [-0.1, -0.05) is 42.4 Å². The summed E-state index contributed by atoms with van der Waals surface area (Å²) in [6.45, 7) is 3.84. The van der Waals surface area contributed by atoms with Gasteiger partial charge in [-0.05, 0) is 61.3 Å². The van der Waals surface area contributed by atoms with E-state index in [1.807, 2.05) is 17.8 Å². The fourth-order valence-corrected chi connectivity index (χ4v) is 4.68. The Balaban J connectivity index is 1.21. The van der Waals surface area contributed by atoms with Crippen molar-refractivity contribution in [3.63, 3.8) is 0 Å². The van der Waals surface area contributed by atoms with Gasteiger partial charge < -0.3 is 15.2 Å². The third kappa shape index (κ3) is 6.95. The van der Waals surface area contributed by atoms with Crippen LogP contribution in [0.1, 0.15) is 40.7 Å². The van der Waals surface area contributed by atoms with E-state index >= 15 is 0 Å². The molecular weight excluding hydrogens is 446 g/mol. The highest BCUT2D eigenvalue weighted by Crippen LogP contribution is 2.16. The largest absolute Gasteiger partial charge is 0.348 e. The van der Waals surface area contributed by atoms with Gasteiger partial charge in [-0.25, -0.2) is 4.98 Å². The first kappa shape index (κ1) is 24.0. The number of carbonyl (C=O) groups is 2. The van der Waals surface area contributed by atoms with Gasteiger partial charge in [-0.3, -0.25) is 14.5 Å². The van der Waals surface area contributed by atoms with Gasteiger partial charge in [0.25, 0.3) is 5.91 Å². The first-order valence-corrected chi connectivity index (χ1v) is 12.6. The molecule has 0 atom stereocenters. The Bertz CT molecular complexity index is 1090. The van der Waals surface area contributed by atoms with Gasteiger partial charge in [0.15, 0.2) is 5.16 Å². The molecule has 1 aliphatic heterocycles. The second kappa shape index (κ2) is 11.9. The van der Waals surface area contributed by atoms with E-state index in [1.54, 1.807) is 30.5 Å². The summed E-state index contributed by atoms with van der Waals surface area (Å²) >= 11 is 1.38. The molecule has 0 aliphatic carbocycles. The fraction of sp³-hybridized carbons (Fsp3) is 0.346. The summed E-state index contributed by atoms with van der Waals surface area (Å²) in [5, 5.41) is 6.61. The molecule has 0 radical (unpaired) electrons. The van der Waals surface area contributed by atoms with Gasteiger partial charge in [0.2, 0.25) is 5.91 Å². The lowest BCUT2D eigenvalue weighted by Gasteiger charge is -2.26. The average Bonchev–Trinajstić information content (AvgIpc) is 3.28. The second-order valence-corrected chi connectivity index (χ2v) is 9.51. The number of thioether (sulfide) groups is 1. The van der Waals surface area contributed by atoms with Crippen LogP contribution in [0, 0.1) is 0 Å². The number of imidazole rings is 1. The van der Waals surface area contributed by atoms with Gasteiger partial charge in [0, 0.05) is 43.8 Å². The molecule has 0 bridgehead atoms. The number of aromatic nitrogens is 2. The van der Waals surface area contributed by atoms with E-state index in [-0.39, 0.29) is 17.6 Å². The molecule has 8 heteroatoms. The van der Waals surface area contributed by atoms with E-state index in [9.17, 15) is 9.59 Å². The molecule has 2 heterocycles. The van der Waals surface area contributed by atoms with Crippen LogP contribution in [-0.2, 0) is 24.9 Å². The molecule has 34 heavy (non-hydrogen) atoms. The molecular formula is C26H31N5O2S. The quantitative estimate of drug-likeness (QED) is 0.454. The third-order valence-corrected chi connectivity index (χ3v) is 6.93. The van der Waals surface area contributed by atoms with Gasteiger partial charge in [0.05, 0.1) is 5.75 Å². The van der Waals surface area contributed by atoms with Gasteiger partial charge in [-0.2, -0.15) is 0 Å². The number of benzene rings is 2. The smallest absolute Gasteiger partial charge is 0.251 e. The van der Waals surface area contributed by atoms with E-state index in [1.165, 1.54) is 49.7 Å². The first-order chi connectivity index (χ1) is 16.6. The number of nitrogens with zero attached hydrogens (tertiary/aromatic N) is 3. The highest BCUT2D eigenvalue weighted by atomic mass is 32.2. The minimum Gasteiger partial charge on any atom is -0.348 e. The van der Waals surface area contributed by atoms with Crippen molar-refractivity contribution in [2.45, 2.75) is 37.5 Å². The average molecular weight is 478 g/mol. The molecule has 1 aromatic heterocycles. The van der Waals surface area contributed by atoms with Crippen LogP contribution in [0.25, 0.3) is 0 Å². The minimum atomic E-state index is -0.138. The topological polar surface area (TPSA) is 79.3 Å². The fourth-order valence-electron chi connectivity index (χ4n) is 3.95. The maximum atomic E-state index is 12.5. The molecule has 2 amide bonds. The lowest BCUT2D eigenvalue weighted by molar-refractivity contribution is -0.113. The number of aryl methyl sites for hydroxylation is 1. The summed E-state index contributed by atoms with van der Waals surface area (Å²) in [5.74, 6) is 0.0127. The lowest BCUT2D eigenvalue weighted by Crippen LogP contribution is -2.29. The zero-order valence-corrected chi connectivity index (χ0v) is 20.3. The number of nitrogens with one attached hydrogen (secondary N) is 2. The number of amides is 2. The van der Waals surface area contributed by atoms with Crippen molar-refractivity contribution < 1.29 is 9.59 Å². The van der Waals surface area contributed by atoms with Crippen LogP contribution in [0.2, 0.25) is 0 Å². The highest BCUT2D eigenvalue weighted by molar-refractivity contribution is 7.99. The zero-order valence-electron chi connectivity index (χ0n) is 19.5. The van der Waals surface area contributed by atoms with Crippen molar-refractivity contribution in [2.75, 3.05) is 24.2 Å². The standard InChI is InChI=1S/C26H31N5O2S/c1-30-16-13-27-26(30)34-19-24(32)29-23-11-9-22(10-12-23)25(33)28-17-20-5-7-21(8-6-20)18-31-14-3-2-4-15-31/h5-13,16H,2-4,14-15,17-19H2,1H3,(H,28,33)(H,29,32). The van der Waals surface area contributed by atoms with Crippen LogP contribution in [0.5, 0.6) is 0 Å². The molecule has 178 valence electrons. The van der Waals surface area contributed by atoms with Crippen LogP contribution in [0.15, 0.2) is 66.1 Å². The van der Waals surface area contributed by atoms with Gasteiger partial charge in [-0.15, -0.1) is 0 Å². The Morgan fingerprint density at radius 2 is 1.68 bits per heavy atom. The van der Waals surface area contributed by atoms with E-state index in [4.69, 9.17) is 0 Å². The zero-order chi connectivity index (χ0) is 23.8. The summed E-state index contributed by atoms with van der Waals surface area (Å²) < 4.78 is 1.87. The molecule has 1 aliphatic rings. The minimum absolute atomic E-state index is 0.117. The first-order valence-electron chi connectivity index (χ1n) is 11.7. The van der Waals surface area contributed by atoms with Crippen LogP contribution >= 0.6 is 11.8 Å².